The van der Waals surface area contributed by atoms with Gasteiger partial charge in [0.05, 0.1) is 19.3 Å². The number of hydrogen-bond donors (Lipinski definition) is 0. The van der Waals surface area contributed by atoms with E-state index in [9.17, 15) is 4.79 Å². The third-order valence-electron chi connectivity index (χ3n) is 5.74. The Bertz CT molecular complexity index is 611. The highest BCUT2D eigenvalue weighted by Crippen LogP contribution is 2.47. The van der Waals surface area contributed by atoms with Crippen molar-refractivity contribution in [1.82, 2.24) is 4.90 Å². The van der Waals surface area contributed by atoms with Gasteiger partial charge in [-0.15, -0.1) is 0 Å². The highest BCUT2D eigenvalue weighted by atomic mass is 79.9. The van der Waals surface area contributed by atoms with Crippen molar-refractivity contribution in [3.8, 4) is 5.75 Å². The molecular formula is C20H28BrNO3. The number of benzene rings is 1. The van der Waals surface area contributed by atoms with E-state index in [0.717, 1.165) is 49.0 Å². The number of esters is 1. The van der Waals surface area contributed by atoms with Crippen LogP contribution in [0.4, 0.5) is 0 Å². The molecule has 1 saturated carbocycles. The highest BCUT2D eigenvalue weighted by Gasteiger charge is 2.42. The summed E-state index contributed by atoms with van der Waals surface area (Å²) in [7, 11) is 0. The molecule has 0 aromatic heterocycles. The van der Waals surface area contributed by atoms with Gasteiger partial charge in [-0.2, -0.15) is 0 Å². The molecule has 2 aliphatic rings. The van der Waals surface area contributed by atoms with Gasteiger partial charge in [-0.05, 0) is 76.6 Å². The smallest absolute Gasteiger partial charge is 0.320 e. The number of ether oxygens (including phenoxy) is 2. The second-order valence-corrected chi connectivity index (χ2v) is 8.28. The van der Waals surface area contributed by atoms with E-state index in [1.54, 1.807) is 0 Å². The Morgan fingerprint density at radius 1 is 1.32 bits per heavy atom. The van der Waals surface area contributed by atoms with Crippen LogP contribution < -0.4 is 4.74 Å². The molecule has 1 aliphatic carbocycles. The maximum absolute atomic E-state index is 11.7. The fourth-order valence-corrected chi connectivity index (χ4v) is 4.53. The summed E-state index contributed by atoms with van der Waals surface area (Å²) in [4.78, 5) is 13.9. The fourth-order valence-electron chi connectivity index (χ4n) is 4.18. The Kier molecular flexibility index (Phi) is 6.05. The van der Waals surface area contributed by atoms with Crippen molar-refractivity contribution in [3.63, 3.8) is 0 Å². The summed E-state index contributed by atoms with van der Waals surface area (Å²) in [5.74, 6) is 0.896. The summed E-state index contributed by atoms with van der Waals surface area (Å²) in [5.41, 5.74) is 1.57. The molecule has 1 saturated heterocycles. The summed E-state index contributed by atoms with van der Waals surface area (Å²) in [6, 6.07) is 6.15. The topological polar surface area (TPSA) is 38.8 Å². The second kappa shape index (κ2) is 8.09. The standard InChI is InChI=1S/C20H28BrNO3/c1-3-24-19(23)14-22-11-9-20(10-12-22)8-7-16(13-20)25-18-6-4-5-17(21)15(18)2/h4-6,16H,3,7-14H2,1-2H3/t16-/m1/s1. The summed E-state index contributed by atoms with van der Waals surface area (Å²) < 4.78 is 12.5. The van der Waals surface area contributed by atoms with Crippen molar-refractivity contribution in [2.24, 2.45) is 5.41 Å². The Balaban J connectivity index is 1.51. The average Bonchev–Trinajstić information content (AvgIpc) is 2.97. The summed E-state index contributed by atoms with van der Waals surface area (Å²) in [6.45, 7) is 6.82. The van der Waals surface area contributed by atoms with Gasteiger partial charge in [-0.1, -0.05) is 22.0 Å². The third kappa shape index (κ3) is 4.56. The number of carbonyl (C=O) groups excluding carboxylic acids is 1. The average molecular weight is 410 g/mol. The highest BCUT2D eigenvalue weighted by molar-refractivity contribution is 9.10. The normalized spacial score (nSPS) is 22.9. The number of rotatable bonds is 5. The molecule has 25 heavy (non-hydrogen) atoms. The number of carbonyl (C=O) groups is 1. The van der Waals surface area contributed by atoms with E-state index in [0.29, 0.717) is 24.7 Å². The molecule has 1 atom stereocenters. The van der Waals surface area contributed by atoms with Gasteiger partial charge in [0.1, 0.15) is 5.75 Å². The maximum atomic E-state index is 11.7. The van der Waals surface area contributed by atoms with Crippen LogP contribution in [0, 0.1) is 12.3 Å². The van der Waals surface area contributed by atoms with Crippen molar-refractivity contribution in [2.75, 3.05) is 26.2 Å². The predicted octanol–water partition coefficient (Wildman–Crippen LogP) is 4.33. The lowest BCUT2D eigenvalue weighted by Gasteiger charge is -2.39. The van der Waals surface area contributed by atoms with Crippen molar-refractivity contribution < 1.29 is 14.3 Å². The fraction of sp³-hybridized carbons (Fsp3) is 0.650. The summed E-state index contributed by atoms with van der Waals surface area (Å²) in [5, 5.41) is 0. The van der Waals surface area contributed by atoms with Gasteiger partial charge >= 0.3 is 5.97 Å². The van der Waals surface area contributed by atoms with Crippen LogP contribution in [-0.4, -0.2) is 43.2 Å². The minimum Gasteiger partial charge on any atom is -0.490 e. The molecule has 0 amide bonds. The van der Waals surface area contributed by atoms with E-state index in [2.05, 4.69) is 39.9 Å². The van der Waals surface area contributed by atoms with Gasteiger partial charge in [0.25, 0.3) is 0 Å². The van der Waals surface area contributed by atoms with Gasteiger partial charge in [0.2, 0.25) is 0 Å². The molecule has 1 aromatic rings. The Morgan fingerprint density at radius 2 is 2.08 bits per heavy atom. The molecule has 1 spiro atoms. The second-order valence-electron chi connectivity index (χ2n) is 7.43. The van der Waals surface area contributed by atoms with Gasteiger partial charge in [-0.25, -0.2) is 0 Å². The quantitative estimate of drug-likeness (QED) is 0.678. The van der Waals surface area contributed by atoms with Crippen LogP contribution in [0.5, 0.6) is 5.75 Å². The molecule has 0 radical (unpaired) electrons. The number of likely N-dealkylation sites (tertiary alicyclic amines) is 1. The monoisotopic (exact) mass is 409 g/mol. The number of nitrogens with zero attached hydrogens (tertiary/aromatic N) is 1. The lowest BCUT2D eigenvalue weighted by Crippen LogP contribution is -2.42. The summed E-state index contributed by atoms with van der Waals surface area (Å²) >= 11 is 3.58. The zero-order valence-corrected chi connectivity index (χ0v) is 16.8. The van der Waals surface area contributed by atoms with E-state index in [4.69, 9.17) is 9.47 Å². The molecule has 2 fully saturated rings. The lowest BCUT2D eigenvalue weighted by molar-refractivity contribution is -0.145. The van der Waals surface area contributed by atoms with E-state index in [-0.39, 0.29) is 5.97 Å². The first kappa shape index (κ1) is 18.7. The van der Waals surface area contributed by atoms with Crippen LogP contribution in [0.1, 0.15) is 44.6 Å². The van der Waals surface area contributed by atoms with E-state index in [1.165, 1.54) is 12.0 Å². The first-order valence-corrected chi connectivity index (χ1v) is 10.1. The lowest BCUT2D eigenvalue weighted by atomic mass is 9.77. The zero-order chi connectivity index (χ0) is 17.9. The van der Waals surface area contributed by atoms with Crippen molar-refractivity contribution in [2.45, 2.75) is 52.1 Å². The Hall–Kier alpha value is -1.07. The molecule has 4 nitrogen and oxygen atoms in total. The van der Waals surface area contributed by atoms with Gasteiger partial charge < -0.3 is 9.47 Å². The van der Waals surface area contributed by atoms with Gasteiger partial charge in [-0.3, -0.25) is 9.69 Å². The maximum Gasteiger partial charge on any atom is 0.320 e. The van der Waals surface area contributed by atoms with Crippen molar-refractivity contribution >= 4 is 21.9 Å². The molecule has 0 unspecified atom stereocenters. The van der Waals surface area contributed by atoms with Crippen LogP contribution in [0.3, 0.4) is 0 Å². The molecule has 0 bridgehead atoms. The van der Waals surface area contributed by atoms with Gasteiger partial charge in [0.15, 0.2) is 0 Å². The minimum atomic E-state index is -0.101. The van der Waals surface area contributed by atoms with Crippen LogP contribution in [0.2, 0.25) is 0 Å². The van der Waals surface area contributed by atoms with Crippen molar-refractivity contribution in [3.05, 3.63) is 28.2 Å². The molecule has 138 valence electrons. The first-order chi connectivity index (χ1) is 12.0. The first-order valence-electron chi connectivity index (χ1n) is 9.31. The zero-order valence-electron chi connectivity index (χ0n) is 15.2. The summed E-state index contributed by atoms with van der Waals surface area (Å²) in [6.07, 6.45) is 6.12. The molecule has 0 N–H and O–H groups in total. The number of hydrogen-bond acceptors (Lipinski definition) is 4. The van der Waals surface area contributed by atoms with Gasteiger partial charge in [0, 0.05) is 10.0 Å². The molecule has 5 heteroatoms. The Morgan fingerprint density at radius 3 is 2.80 bits per heavy atom. The minimum absolute atomic E-state index is 0.101. The molecule has 1 heterocycles. The van der Waals surface area contributed by atoms with Crippen LogP contribution in [-0.2, 0) is 9.53 Å². The molecule has 1 aromatic carbocycles. The largest absolute Gasteiger partial charge is 0.490 e. The van der Waals surface area contributed by atoms with E-state index >= 15 is 0 Å². The number of piperidine rings is 1. The van der Waals surface area contributed by atoms with Crippen molar-refractivity contribution in [1.29, 1.82) is 0 Å². The SMILES string of the molecule is CCOC(=O)CN1CCC2(CC[C@@H](Oc3cccc(Br)c3C)C2)CC1. The number of halogens is 1. The molecule has 1 aliphatic heterocycles. The van der Waals surface area contributed by atoms with Crippen LogP contribution >= 0.6 is 15.9 Å². The van der Waals surface area contributed by atoms with Crippen LogP contribution in [0.25, 0.3) is 0 Å². The Labute approximate surface area is 159 Å². The van der Waals surface area contributed by atoms with E-state index < -0.39 is 0 Å². The predicted molar refractivity (Wildman–Crippen MR) is 102 cm³/mol. The molecular weight excluding hydrogens is 382 g/mol. The molecule has 3 rings (SSSR count). The van der Waals surface area contributed by atoms with E-state index in [1.807, 2.05) is 13.0 Å². The van der Waals surface area contributed by atoms with Crippen LogP contribution in [0.15, 0.2) is 22.7 Å². The third-order valence-corrected chi connectivity index (χ3v) is 6.60.